The number of amides is 3. The van der Waals surface area contributed by atoms with Gasteiger partial charge in [-0.05, 0) is 35.9 Å². The van der Waals surface area contributed by atoms with Gasteiger partial charge in [-0.25, -0.2) is 0 Å². The first kappa shape index (κ1) is 19.0. The Labute approximate surface area is 151 Å². The lowest BCUT2D eigenvalue weighted by Crippen LogP contribution is -2.45. The Balaban J connectivity index is 2.10. The number of methoxy groups -OCH3 is 1. The monoisotopic (exact) mass is 355 g/mol. The predicted octanol–water partition coefficient (Wildman–Crippen LogP) is 1.48. The van der Waals surface area contributed by atoms with Gasteiger partial charge in [0.2, 0.25) is 11.8 Å². The Kier molecular flexibility index (Phi) is 6.32. The molecule has 0 radical (unpaired) electrons. The van der Waals surface area contributed by atoms with E-state index in [1.165, 1.54) is 14.0 Å². The maximum Gasteiger partial charge on any atom is 0.251 e. The number of benzene rings is 2. The van der Waals surface area contributed by atoms with Crippen molar-refractivity contribution in [1.29, 1.82) is 0 Å². The number of para-hydroxylation sites is 1. The fourth-order valence-electron chi connectivity index (χ4n) is 2.46. The fourth-order valence-corrected chi connectivity index (χ4v) is 2.46. The molecule has 2 rings (SSSR count). The molecule has 0 aliphatic heterocycles. The van der Waals surface area contributed by atoms with Crippen LogP contribution in [0.2, 0.25) is 0 Å². The molecule has 1 atom stereocenters. The number of nitrogens with one attached hydrogen (secondary N) is 2. The molecule has 0 aliphatic rings. The van der Waals surface area contributed by atoms with E-state index in [1.54, 1.807) is 30.3 Å². The lowest BCUT2D eigenvalue weighted by Gasteiger charge is -2.17. The van der Waals surface area contributed by atoms with Crippen LogP contribution >= 0.6 is 0 Å². The number of ether oxygens (including phenoxy) is 1. The van der Waals surface area contributed by atoms with Crippen molar-refractivity contribution in [3.05, 3.63) is 59.7 Å². The van der Waals surface area contributed by atoms with Crippen LogP contribution in [0, 0.1) is 0 Å². The molecule has 4 N–H and O–H groups in total. The topological polar surface area (TPSA) is 111 Å². The number of nitrogens with two attached hydrogens (primary N) is 1. The molecule has 0 saturated carbocycles. The van der Waals surface area contributed by atoms with Crippen LogP contribution < -0.4 is 21.1 Å². The minimum atomic E-state index is -0.881. The van der Waals surface area contributed by atoms with E-state index in [0.717, 1.165) is 5.56 Å². The molecule has 2 aromatic carbocycles. The van der Waals surface area contributed by atoms with Crippen LogP contribution in [0.5, 0.6) is 5.75 Å². The van der Waals surface area contributed by atoms with Crippen LogP contribution in [-0.2, 0) is 16.0 Å². The first-order valence-corrected chi connectivity index (χ1v) is 8.00. The van der Waals surface area contributed by atoms with Gasteiger partial charge in [-0.2, -0.15) is 0 Å². The van der Waals surface area contributed by atoms with Crippen LogP contribution in [-0.4, -0.2) is 30.9 Å². The lowest BCUT2D eigenvalue weighted by molar-refractivity contribution is -0.119. The van der Waals surface area contributed by atoms with Crippen LogP contribution in [0.15, 0.2) is 48.5 Å². The van der Waals surface area contributed by atoms with Crippen molar-refractivity contribution in [1.82, 2.24) is 5.32 Å². The van der Waals surface area contributed by atoms with Crippen molar-refractivity contribution in [3.63, 3.8) is 0 Å². The van der Waals surface area contributed by atoms with E-state index in [4.69, 9.17) is 10.5 Å². The van der Waals surface area contributed by atoms with Gasteiger partial charge in [0.1, 0.15) is 11.8 Å². The second kappa shape index (κ2) is 8.66. The van der Waals surface area contributed by atoms with Crippen molar-refractivity contribution in [3.8, 4) is 5.75 Å². The van der Waals surface area contributed by atoms with E-state index in [-0.39, 0.29) is 12.3 Å². The third-order valence-electron chi connectivity index (χ3n) is 3.73. The molecular weight excluding hydrogens is 334 g/mol. The average molecular weight is 355 g/mol. The Bertz CT molecular complexity index is 803. The largest absolute Gasteiger partial charge is 0.496 e. The molecular formula is C19H21N3O4. The molecule has 7 heteroatoms. The average Bonchev–Trinajstić information content (AvgIpc) is 2.61. The molecule has 7 nitrogen and oxygen atoms in total. The molecule has 0 spiro atoms. The minimum absolute atomic E-state index is 0.201. The molecule has 0 aromatic heterocycles. The van der Waals surface area contributed by atoms with Gasteiger partial charge in [0, 0.05) is 24.6 Å². The summed E-state index contributed by atoms with van der Waals surface area (Å²) in [5.74, 6) is -0.655. The highest BCUT2D eigenvalue weighted by Gasteiger charge is 2.21. The quantitative estimate of drug-likeness (QED) is 0.698. The molecule has 0 bridgehead atoms. The molecule has 136 valence electrons. The molecule has 26 heavy (non-hydrogen) atoms. The first-order chi connectivity index (χ1) is 12.4. The highest BCUT2D eigenvalue weighted by molar-refractivity contribution is 5.98. The zero-order valence-corrected chi connectivity index (χ0v) is 14.6. The summed E-state index contributed by atoms with van der Waals surface area (Å²) >= 11 is 0. The van der Waals surface area contributed by atoms with Gasteiger partial charge in [-0.3, -0.25) is 14.4 Å². The van der Waals surface area contributed by atoms with E-state index < -0.39 is 17.9 Å². The Morgan fingerprint density at radius 3 is 2.31 bits per heavy atom. The Morgan fingerprint density at radius 1 is 1.08 bits per heavy atom. The molecule has 0 unspecified atom stereocenters. The smallest absolute Gasteiger partial charge is 0.251 e. The van der Waals surface area contributed by atoms with Crippen molar-refractivity contribution in [2.24, 2.45) is 5.73 Å². The van der Waals surface area contributed by atoms with Gasteiger partial charge in [0.05, 0.1) is 7.11 Å². The number of hydrogen-bond acceptors (Lipinski definition) is 4. The third-order valence-corrected chi connectivity index (χ3v) is 3.73. The van der Waals surface area contributed by atoms with Crippen LogP contribution in [0.1, 0.15) is 22.8 Å². The standard InChI is InChI=1S/C19H21N3O4/c1-12(23)21-15-9-7-13(8-10-15)19(25)22-16(18(20)24)11-14-5-3-4-6-17(14)26-2/h3-10,16H,11H2,1-2H3,(H2,20,24)(H,21,23)(H,22,25)/t16-/m1/s1. The van der Waals surface area contributed by atoms with Crippen molar-refractivity contribution < 1.29 is 19.1 Å². The normalized spacial score (nSPS) is 11.3. The highest BCUT2D eigenvalue weighted by Crippen LogP contribution is 2.19. The van der Waals surface area contributed by atoms with E-state index in [1.807, 2.05) is 18.2 Å². The first-order valence-electron chi connectivity index (χ1n) is 8.00. The number of primary amides is 1. The maximum absolute atomic E-state index is 12.4. The van der Waals surface area contributed by atoms with Crippen molar-refractivity contribution in [2.75, 3.05) is 12.4 Å². The van der Waals surface area contributed by atoms with Crippen LogP contribution in [0.25, 0.3) is 0 Å². The molecule has 3 amide bonds. The molecule has 0 saturated heterocycles. The second-order valence-electron chi connectivity index (χ2n) is 5.70. The summed E-state index contributed by atoms with van der Waals surface area (Å²) in [5.41, 5.74) is 7.13. The van der Waals surface area contributed by atoms with E-state index in [0.29, 0.717) is 17.0 Å². The SMILES string of the molecule is COc1ccccc1C[C@@H](NC(=O)c1ccc(NC(C)=O)cc1)C(N)=O. The predicted molar refractivity (Wildman–Crippen MR) is 97.9 cm³/mol. The number of anilines is 1. The van der Waals surface area contributed by atoms with Gasteiger partial charge >= 0.3 is 0 Å². The molecule has 0 fully saturated rings. The summed E-state index contributed by atoms with van der Waals surface area (Å²) in [6, 6.07) is 12.7. The molecule has 2 aromatic rings. The number of carbonyl (C=O) groups excluding carboxylic acids is 3. The molecule has 0 aliphatic carbocycles. The maximum atomic E-state index is 12.4. The summed E-state index contributed by atoms with van der Waals surface area (Å²) in [4.78, 5) is 35.2. The van der Waals surface area contributed by atoms with E-state index in [2.05, 4.69) is 10.6 Å². The second-order valence-corrected chi connectivity index (χ2v) is 5.70. The summed E-state index contributed by atoms with van der Waals surface area (Å²) < 4.78 is 5.26. The fraction of sp³-hybridized carbons (Fsp3) is 0.211. The third kappa shape index (κ3) is 5.07. The van der Waals surface area contributed by atoms with Crippen molar-refractivity contribution in [2.45, 2.75) is 19.4 Å². The number of rotatable bonds is 7. The minimum Gasteiger partial charge on any atom is -0.496 e. The van der Waals surface area contributed by atoms with Gasteiger partial charge in [-0.15, -0.1) is 0 Å². The number of hydrogen-bond donors (Lipinski definition) is 3. The van der Waals surface area contributed by atoms with Gasteiger partial charge < -0.3 is 21.1 Å². The summed E-state index contributed by atoms with van der Waals surface area (Å²) in [5, 5.41) is 5.25. The van der Waals surface area contributed by atoms with E-state index >= 15 is 0 Å². The van der Waals surface area contributed by atoms with Crippen LogP contribution in [0.4, 0.5) is 5.69 Å². The Morgan fingerprint density at radius 2 is 1.73 bits per heavy atom. The summed E-state index contributed by atoms with van der Waals surface area (Å²) in [7, 11) is 1.54. The van der Waals surface area contributed by atoms with Crippen molar-refractivity contribution >= 4 is 23.4 Å². The zero-order valence-electron chi connectivity index (χ0n) is 14.6. The summed E-state index contributed by atoms with van der Waals surface area (Å²) in [6.07, 6.45) is 0.217. The zero-order chi connectivity index (χ0) is 19.1. The number of carbonyl (C=O) groups is 3. The van der Waals surface area contributed by atoms with Gasteiger partial charge in [0.15, 0.2) is 0 Å². The molecule has 0 heterocycles. The van der Waals surface area contributed by atoms with Crippen LogP contribution in [0.3, 0.4) is 0 Å². The van der Waals surface area contributed by atoms with Gasteiger partial charge in [-0.1, -0.05) is 18.2 Å². The van der Waals surface area contributed by atoms with Gasteiger partial charge in [0.25, 0.3) is 5.91 Å². The summed E-state index contributed by atoms with van der Waals surface area (Å²) in [6.45, 7) is 1.40. The Hall–Kier alpha value is -3.35. The highest BCUT2D eigenvalue weighted by atomic mass is 16.5. The van der Waals surface area contributed by atoms with E-state index in [9.17, 15) is 14.4 Å². The lowest BCUT2D eigenvalue weighted by atomic mass is 10.0.